The molecule has 2 N–H and O–H groups in total. The van der Waals surface area contributed by atoms with Crippen molar-refractivity contribution in [3.05, 3.63) is 57.8 Å². The molecule has 2 aromatic rings. The largest absolute Gasteiger partial charge is 0.298 e. The van der Waals surface area contributed by atoms with E-state index in [-0.39, 0.29) is 5.91 Å². The van der Waals surface area contributed by atoms with Crippen LogP contribution in [-0.4, -0.2) is 5.91 Å². The number of thiophene rings is 1. The Balaban J connectivity index is 1.89. The molecule has 1 aromatic heterocycles. The van der Waals surface area contributed by atoms with Gasteiger partial charge in [0.15, 0.2) is 0 Å². The second-order valence-corrected chi connectivity index (χ2v) is 5.32. The van der Waals surface area contributed by atoms with Gasteiger partial charge in [-0.05, 0) is 54.6 Å². The molecule has 0 unspecified atom stereocenters. The first-order valence-corrected chi connectivity index (χ1v) is 6.87. The van der Waals surface area contributed by atoms with E-state index in [1.807, 2.05) is 43.5 Å². The molecule has 0 aliphatic heterocycles. The van der Waals surface area contributed by atoms with Gasteiger partial charge in [-0.15, -0.1) is 11.3 Å². The van der Waals surface area contributed by atoms with Crippen molar-refractivity contribution >= 4 is 29.0 Å². The van der Waals surface area contributed by atoms with Crippen LogP contribution in [0.5, 0.6) is 0 Å². The molecule has 0 saturated heterocycles. The van der Waals surface area contributed by atoms with Gasteiger partial charge in [-0.1, -0.05) is 12.1 Å². The van der Waals surface area contributed by atoms with Crippen LogP contribution in [0, 0.1) is 13.8 Å². The molecule has 0 fully saturated rings. The van der Waals surface area contributed by atoms with Gasteiger partial charge in [-0.25, -0.2) is 0 Å². The Kier molecular flexibility index (Phi) is 4.36. The summed E-state index contributed by atoms with van der Waals surface area (Å²) in [7, 11) is 0. The van der Waals surface area contributed by atoms with Crippen molar-refractivity contribution in [1.82, 2.24) is 5.43 Å². The van der Waals surface area contributed by atoms with Crippen LogP contribution in [0.3, 0.4) is 0 Å². The normalized spacial score (nSPS) is 10.6. The quantitative estimate of drug-likeness (QED) is 0.660. The third kappa shape index (κ3) is 4.26. The summed E-state index contributed by atoms with van der Waals surface area (Å²) >= 11 is 1.60. The van der Waals surface area contributed by atoms with Crippen molar-refractivity contribution in [1.29, 1.82) is 0 Å². The molecule has 0 aliphatic carbocycles. The fourth-order valence-electron chi connectivity index (χ4n) is 1.77. The molecule has 1 amide bonds. The van der Waals surface area contributed by atoms with E-state index in [1.54, 1.807) is 17.4 Å². The number of hydrogen-bond donors (Lipinski definition) is 2. The molecular weight excluding hydrogens is 256 g/mol. The maximum Gasteiger partial charge on any atom is 0.262 e. The summed E-state index contributed by atoms with van der Waals surface area (Å²) in [6, 6.07) is 9.97. The van der Waals surface area contributed by atoms with Crippen LogP contribution in [0.15, 0.2) is 41.8 Å². The average Bonchev–Trinajstić information content (AvgIpc) is 2.86. The van der Waals surface area contributed by atoms with Crippen molar-refractivity contribution in [3.63, 3.8) is 0 Å². The van der Waals surface area contributed by atoms with Gasteiger partial charge in [-0.3, -0.25) is 15.6 Å². The monoisotopic (exact) mass is 272 g/mol. The SMILES string of the molecule is Cc1cc(C)cc(NNC(=O)C=Cc2cccs2)c1. The number of aryl methyl sites for hydroxylation is 2. The van der Waals surface area contributed by atoms with E-state index in [4.69, 9.17) is 0 Å². The summed E-state index contributed by atoms with van der Waals surface area (Å²) in [5, 5.41) is 1.98. The van der Waals surface area contributed by atoms with Gasteiger partial charge in [0.05, 0.1) is 5.69 Å². The number of benzene rings is 1. The first kappa shape index (κ1) is 13.4. The minimum absolute atomic E-state index is 0.174. The Morgan fingerprint density at radius 3 is 2.58 bits per heavy atom. The number of nitrogens with one attached hydrogen (secondary N) is 2. The van der Waals surface area contributed by atoms with E-state index in [1.165, 1.54) is 6.08 Å². The highest BCUT2D eigenvalue weighted by Crippen LogP contribution is 2.13. The number of hydrazine groups is 1. The zero-order valence-electron chi connectivity index (χ0n) is 10.9. The van der Waals surface area contributed by atoms with Crippen LogP contribution in [0.25, 0.3) is 6.08 Å². The van der Waals surface area contributed by atoms with Gasteiger partial charge in [0.1, 0.15) is 0 Å². The second kappa shape index (κ2) is 6.20. The molecule has 4 heteroatoms. The number of amides is 1. The average molecular weight is 272 g/mol. The fraction of sp³-hybridized carbons (Fsp3) is 0.133. The third-order valence-corrected chi connectivity index (χ3v) is 3.33. The lowest BCUT2D eigenvalue weighted by molar-refractivity contribution is -0.115. The van der Waals surface area contributed by atoms with E-state index in [0.717, 1.165) is 21.7 Å². The van der Waals surface area contributed by atoms with Crippen LogP contribution in [0.4, 0.5) is 5.69 Å². The predicted octanol–water partition coefficient (Wildman–Crippen LogP) is 3.52. The molecule has 0 bridgehead atoms. The molecule has 0 atom stereocenters. The van der Waals surface area contributed by atoms with Crippen molar-refractivity contribution in [3.8, 4) is 0 Å². The van der Waals surface area contributed by atoms with Crippen molar-refractivity contribution in [2.45, 2.75) is 13.8 Å². The Labute approximate surface area is 116 Å². The van der Waals surface area contributed by atoms with Gasteiger partial charge in [0, 0.05) is 11.0 Å². The van der Waals surface area contributed by atoms with Crippen molar-refractivity contribution in [2.24, 2.45) is 0 Å². The number of hydrogen-bond acceptors (Lipinski definition) is 3. The first-order valence-electron chi connectivity index (χ1n) is 5.99. The molecule has 0 saturated carbocycles. The van der Waals surface area contributed by atoms with E-state index in [0.29, 0.717) is 0 Å². The molecule has 2 rings (SSSR count). The summed E-state index contributed by atoms with van der Waals surface area (Å²) in [6.45, 7) is 4.05. The summed E-state index contributed by atoms with van der Waals surface area (Å²) < 4.78 is 0. The lowest BCUT2D eigenvalue weighted by atomic mass is 10.1. The highest BCUT2D eigenvalue weighted by atomic mass is 32.1. The Hall–Kier alpha value is -2.07. The molecule has 19 heavy (non-hydrogen) atoms. The smallest absolute Gasteiger partial charge is 0.262 e. The summed E-state index contributed by atoms with van der Waals surface area (Å²) in [5.41, 5.74) is 8.75. The fourth-order valence-corrected chi connectivity index (χ4v) is 2.38. The van der Waals surface area contributed by atoms with Gasteiger partial charge in [-0.2, -0.15) is 0 Å². The molecule has 0 aliphatic rings. The van der Waals surface area contributed by atoms with Crippen LogP contribution in [-0.2, 0) is 4.79 Å². The number of carbonyl (C=O) groups is 1. The predicted molar refractivity (Wildman–Crippen MR) is 81.0 cm³/mol. The first-order chi connectivity index (χ1) is 9.13. The molecule has 0 spiro atoms. The summed E-state index contributed by atoms with van der Waals surface area (Å²) in [4.78, 5) is 12.7. The topological polar surface area (TPSA) is 41.1 Å². The summed E-state index contributed by atoms with van der Waals surface area (Å²) in [5.74, 6) is -0.174. The lowest BCUT2D eigenvalue weighted by Gasteiger charge is -2.08. The highest BCUT2D eigenvalue weighted by Gasteiger charge is 1.97. The van der Waals surface area contributed by atoms with Gasteiger partial charge in [0.25, 0.3) is 5.91 Å². The van der Waals surface area contributed by atoms with Crippen molar-refractivity contribution < 1.29 is 4.79 Å². The zero-order valence-corrected chi connectivity index (χ0v) is 11.8. The Bertz CT molecular complexity index is 568. The lowest BCUT2D eigenvalue weighted by Crippen LogP contribution is -2.27. The van der Waals surface area contributed by atoms with Crippen LogP contribution < -0.4 is 10.9 Å². The molecule has 0 radical (unpaired) electrons. The zero-order chi connectivity index (χ0) is 13.7. The second-order valence-electron chi connectivity index (χ2n) is 4.34. The maximum absolute atomic E-state index is 11.6. The van der Waals surface area contributed by atoms with Crippen molar-refractivity contribution in [2.75, 3.05) is 5.43 Å². The molecule has 98 valence electrons. The van der Waals surface area contributed by atoms with E-state index in [9.17, 15) is 4.79 Å². The van der Waals surface area contributed by atoms with Gasteiger partial charge < -0.3 is 0 Å². The van der Waals surface area contributed by atoms with Crippen LogP contribution >= 0.6 is 11.3 Å². The highest BCUT2D eigenvalue weighted by molar-refractivity contribution is 7.10. The summed E-state index contributed by atoms with van der Waals surface area (Å²) in [6.07, 6.45) is 3.31. The number of rotatable bonds is 4. The molecular formula is C15H16N2OS. The minimum atomic E-state index is -0.174. The van der Waals surface area contributed by atoms with E-state index < -0.39 is 0 Å². The van der Waals surface area contributed by atoms with E-state index >= 15 is 0 Å². The van der Waals surface area contributed by atoms with E-state index in [2.05, 4.69) is 16.9 Å². The minimum Gasteiger partial charge on any atom is -0.298 e. The van der Waals surface area contributed by atoms with Gasteiger partial charge in [0.2, 0.25) is 0 Å². The molecule has 3 nitrogen and oxygen atoms in total. The third-order valence-electron chi connectivity index (χ3n) is 2.49. The molecule has 1 heterocycles. The van der Waals surface area contributed by atoms with Crippen LogP contribution in [0.1, 0.15) is 16.0 Å². The van der Waals surface area contributed by atoms with Crippen LogP contribution in [0.2, 0.25) is 0 Å². The van der Waals surface area contributed by atoms with Gasteiger partial charge >= 0.3 is 0 Å². The maximum atomic E-state index is 11.6. The number of anilines is 1. The Morgan fingerprint density at radius 1 is 1.21 bits per heavy atom. The Morgan fingerprint density at radius 2 is 1.95 bits per heavy atom. The number of carbonyl (C=O) groups excluding carboxylic acids is 1. The standard InChI is InChI=1S/C15H16N2OS/c1-11-8-12(2)10-13(9-11)16-17-15(18)6-5-14-4-3-7-19-14/h3-10,16H,1-2H3,(H,17,18). The molecule has 1 aromatic carbocycles.